The molecule has 0 atom stereocenters. The standard InChI is InChI=1S/C9H15N3O/c1-7-6-11-12(9(7)10)8-2-4-13-5-3-8/h6,8H,2-5,10H2,1H3. The van der Waals surface area contributed by atoms with Crippen molar-refractivity contribution < 1.29 is 4.74 Å². The van der Waals surface area contributed by atoms with Crippen LogP contribution in [0.4, 0.5) is 5.82 Å². The zero-order valence-electron chi connectivity index (χ0n) is 7.86. The van der Waals surface area contributed by atoms with Crippen LogP contribution in [0, 0.1) is 6.92 Å². The summed E-state index contributed by atoms with van der Waals surface area (Å²) in [5, 5.41) is 4.28. The predicted octanol–water partition coefficient (Wildman–Crippen LogP) is 1.13. The number of ether oxygens (including phenoxy) is 1. The largest absolute Gasteiger partial charge is 0.384 e. The van der Waals surface area contributed by atoms with Crippen LogP contribution in [0.5, 0.6) is 0 Å². The minimum Gasteiger partial charge on any atom is -0.384 e. The lowest BCUT2D eigenvalue weighted by molar-refractivity contribution is 0.0669. The van der Waals surface area contributed by atoms with Crippen molar-refractivity contribution in [3.05, 3.63) is 11.8 Å². The smallest absolute Gasteiger partial charge is 0.124 e. The van der Waals surface area contributed by atoms with Gasteiger partial charge in [0.2, 0.25) is 0 Å². The average molecular weight is 181 g/mol. The van der Waals surface area contributed by atoms with Crippen LogP contribution in [-0.4, -0.2) is 23.0 Å². The molecule has 0 unspecified atom stereocenters. The molecule has 72 valence electrons. The summed E-state index contributed by atoms with van der Waals surface area (Å²) in [6, 6.07) is 0.433. The second-order valence-corrected chi connectivity index (χ2v) is 3.50. The van der Waals surface area contributed by atoms with Crippen LogP contribution in [0.15, 0.2) is 6.20 Å². The molecule has 1 saturated heterocycles. The second-order valence-electron chi connectivity index (χ2n) is 3.50. The van der Waals surface area contributed by atoms with Crippen molar-refractivity contribution in [2.75, 3.05) is 18.9 Å². The normalized spacial score (nSPS) is 19.2. The maximum Gasteiger partial charge on any atom is 0.124 e. The topological polar surface area (TPSA) is 53.1 Å². The van der Waals surface area contributed by atoms with E-state index < -0.39 is 0 Å². The Labute approximate surface area is 77.7 Å². The molecule has 1 aromatic rings. The fourth-order valence-electron chi connectivity index (χ4n) is 1.68. The van der Waals surface area contributed by atoms with Crippen LogP contribution in [0.1, 0.15) is 24.4 Å². The fraction of sp³-hybridized carbons (Fsp3) is 0.667. The number of aromatic nitrogens is 2. The van der Waals surface area contributed by atoms with E-state index in [-0.39, 0.29) is 0 Å². The first-order chi connectivity index (χ1) is 6.29. The lowest BCUT2D eigenvalue weighted by Gasteiger charge is -2.23. The monoisotopic (exact) mass is 181 g/mol. The minimum atomic E-state index is 0.433. The molecule has 0 aliphatic carbocycles. The van der Waals surface area contributed by atoms with Crippen molar-refractivity contribution in [1.82, 2.24) is 9.78 Å². The van der Waals surface area contributed by atoms with E-state index in [1.165, 1.54) is 0 Å². The van der Waals surface area contributed by atoms with Crippen LogP contribution < -0.4 is 5.73 Å². The summed E-state index contributed by atoms with van der Waals surface area (Å²) in [6.45, 7) is 3.63. The summed E-state index contributed by atoms with van der Waals surface area (Å²) in [7, 11) is 0. The van der Waals surface area contributed by atoms with E-state index in [0.29, 0.717) is 6.04 Å². The van der Waals surface area contributed by atoms with E-state index in [0.717, 1.165) is 37.4 Å². The number of nitrogen functional groups attached to an aromatic ring is 1. The van der Waals surface area contributed by atoms with Crippen molar-refractivity contribution >= 4 is 5.82 Å². The zero-order valence-corrected chi connectivity index (χ0v) is 7.86. The number of aryl methyl sites for hydroxylation is 1. The highest BCUT2D eigenvalue weighted by Gasteiger charge is 2.18. The van der Waals surface area contributed by atoms with Gasteiger partial charge in [0.05, 0.1) is 12.2 Å². The van der Waals surface area contributed by atoms with E-state index in [2.05, 4.69) is 5.10 Å². The van der Waals surface area contributed by atoms with Crippen molar-refractivity contribution in [1.29, 1.82) is 0 Å². The van der Waals surface area contributed by atoms with Crippen LogP contribution >= 0.6 is 0 Å². The molecule has 0 spiro atoms. The Bertz CT molecular complexity index is 289. The van der Waals surface area contributed by atoms with Gasteiger partial charge in [-0.05, 0) is 19.8 Å². The third-order valence-corrected chi connectivity index (χ3v) is 2.56. The third-order valence-electron chi connectivity index (χ3n) is 2.56. The van der Waals surface area contributed by atoms with Crippen LogP contribution in [0.25, 0.3) is 0 Å². The summed E-state index contributed by atoms with van der Waals surface area (Å²) in [4.78, 5) is 0. The van der Waals surface area contributed by atoms with Crippen LogP contribution in [-0.2, 0) is 4.74 Å². The first-order valence-electron chi connectivity index (χ1n) is 4.66. The SMILES string of the molecule is Cc1cnn(C2CCOCC2)c1N. The van der Waals surface area contributed by atoms with Crippen LogP contribution in [0.3, 0.4) is 0 Å². The van der Waals surface area contributed by atoms with Crippen molar-refractivity contribution in [3.63, 3.8) is 0 Å². The molecule has 2 N–H and O–H groups in total. The Morgan fingerprint density at radius 1 is 1.54 bits per heavy atom. The van der Waals surface area contributed by atoms with Crippen LogP contribution in [0.2, 0.25) is 0 Å². The summed E-state index contributed by atoms with van der Waals surface area (Å²) in [5.41, 5.74) is 6.95. The summed E-state index contributed by atoms with van der Waals surface area (Å²) >= 11 is 0. The van der Waals surface area contributed by atoms with Crippen molar-refractivity contribution in [2.45, 2.75) is 25.8 Å². The Balaban J connectivity index is 2.18. The van der Waals surface area contributed by atoms with Gasteiger partial charge in [0.15, 0.2) is 0 Å². The van der Waals surface area contributed by atoms with E-state index >= 15 is 0 Å². The van der Waals surface area contributed by atoms with Gasteiger partial charge in [0, 0.05) is 18.8 Å². The highest BCUT2D eigenvalue weighted by Crippen LogP contribution is 2.24. The molecule has 2 rings (SSSR count). The maximum atomic E-state index is 5.89. The molecule has 1 aliphatic heterocycles. The quantitative estimate of drug-likeness (QED) is 0.706. The van der Waals surface area contributed by atoms with Gasteiger partial charge in [0.25, 0.3) is 0 Å². The molecule has 1 fully saturated rings. The molecule has 0 radical (unpaired) electrons. The molecular weight excluding hydrogens is 166 g/mol. The van der Waals surface area contributed by atoms with Gasteiger partial charge in [-0.3, -0.25) is 0 Å². The van der Waals surface area contributed by atoms with Gasteiger partial charge in [-0.2, -0.15) is 5.10 Å². The van der Waals surface area contributed by atoms with Crippen molar-refractivity contribution in [3.8, 4) is 0 Å². The van der Waals surface area contributed by atoms with E-state index in [9.17, 15) is 0 Å². The van der Waals surface area contributed by atoms with Gasteiger partial charge in [-0.25, -0.2) is 4.68 Å². The van der Waals surface area contributed by atoms with Gasteiger partial charge >= 0.3 is 0 Å². The number of nitrogens with two attached hydrogens (primary N) is 1. The highest BCUT2D eigenvalue weighted by atomic mass is 16.5. The number of hydrogen-bond acceptors (Lipinski definition) is 3. The highest BCUT2D eigenvalue weighted by molar-refractivity contribution is 5.37. The third kappa shape index (κ3) is 1.54. The molecule has 4 heteroatoms. The fourth-order valence-corrected chi connectivity index (χ4v) is 1.68. The zero-order chi connectivity index (χ0) is 9.26. The number of anilines is 1. The molecule has 0 bridgehead atoms. The summed E-state index contributed by atoms with van der Waals surface area (Å²) < 4.78 is 7.21. The van der Waals surface area contributed by atoms with Gasteiger partial charge < -0.3 is 10.5 Å². The van der Waals surface area contributed by atoms with Gasteiger partial charge in [0.1, 0.15) is 5.82 Å². The number of nitrogens with zero attached hydrogens (tertiary/aromatic N) is 2. The first-order valence-corrected chi connectivity index (χ1v) is 4.66. The molecule has 13 heavy (non-hydrogen) atoms. The lowest BCUT2D eigenvalue weighted by atomic mass is 10.1. The first kappa shape index (κ1) is 8.56. The number of hydrogen-bond donors (Lipinski definition) is 1. The lowest BCUT2D eigenvalue weighted by Crippen LogP contribution is -2.21. The summed E-state index contributed by atoms with van der Waals surface area (Å²) in [6.07, 6.45) is 3.86. The molecule has 0 aromatic carbocycles. The molecule has 1 aliphatic rings. The Kier molecular flexibility index (Phi) is 2.22. The molecule has 1 aromatic heterocycles. The van der Waals surface area contributed by atoms with E-state index in [1.54, 1.807) is 0 Å². The molecule has 0 amide bonds. The van der Waals surface area contributed by atoms with Gasteiger partial charge in [-0.1, -0.05) is 0 Å². The predicted molar refractivity (Wildman–Crippen MR) is 50.5 cm³/mol. The van der Waals surface area contributed by atoms with Crippen molar-refractivity contribution in [2.24, 2.45) is 0 Å². The second kappa shape index (κ2) is 3.38. The molecular formula is C9H15N3O. The minimum absolute atomic E-state index is 0.433. The van der Waals surface area contributed by atoms with E-state index in [1.807, 2.05) is 17.8 Å². The molecule has 2 heterocycles. The Morgan fingerprint density at radius 2 is 2.23 bits per heavy atom. The van der Waals surface area contributed by atoms with Gasteiger partial charge in [-0.15, -0.1) is 0 Å². The average Bonchev–Trinajstić information content (AvgIpc) is 2.49. The van der Waals surface area contributed by atoms with E-state index in [4.69, 9.17) is 10.5 Å². The Hall–Kier alpha value is -1.03. The maximum absolute atomic E-state index is 5.89. The number of rotatable bonds is 1. The molecule has 4 nitrogen and oxygen atoms in total. The summed E-state index contributed by atoms with van der Waals surface area (Å²) in [5.74, 6) is 0.798. The Morgan fingerprint density at radius 3 is 2.77 bits per heavy atom. The molecule has 0 saturated carbocycles.